The van der Waals surface area contributed by atoms with E-state index in [9.17, 15) is 0 Å². The molecule has 0 saturated heterocycles. The van der Waals surface area contributed by atoms with Crippen molar-refractivity contribution >= 4 is 9.04 Å². The van der Waals surface area contributed by atoms with Crippen LogP contribution in [0.2, 0.25) is 11.1 Å². The van der Waals surface area contributed by atoms with Gasteiger partial charge in [0.15, 0.2) is 0 Å². The monoisotopic (exact) mass is 357 g/mol. The molecule has 0 amide bonds. The van der Waals surface area contributed by atoms with E-state index in [0.717, 1.165) is 6.61 Å². The Labute approximate surface area is 148 Å². The molecule has 0 aromatic rings. The summed E-state index contributed by atoms with van der Waals surface area (Å²) in [6.45, 7) is 21.6. The van der Waals surface area contributed by atoms with Crippen LogP contribution in [0.15, 0.2) is 23.3 Å². The van der Waals surface area contributed by atoms with Gasteiger partial charge in [0.05, 0.1) is 6.61 Å². The van der Waals surface area contributed by atoms with E-state index in [1.165, 1.54) is 11.1 Å². The first-order valence-electron chi connectivity index (χ1n) is 6.77. The third kappa shape index (κ3) is 18.6. The second kappa shape index (κ2) is 15.0. The Hall–Kier alpha value is 0.631. The van der Waals surface area contributed by atoms with Gasteiger partial charge in [-0.2, -0.15) is 0 Å². The maximum absolute atomic E-state index is 5.90. The van der Waals surface area contributed by atoms with Crippen molar-refractivity contribution in [2.75, 3.05) is 6.61 Å². The third-order valence-corrected chi connectivity index (χ3v) is 5.06. The molecule has 110 valence electrons. The number of hydrogen-bond donors (Lipinski definition) is 0. The van der Waals surface area contributed by atoms with E-state index in [1.807, 2.05) is 19.9 Å². The summed E-state index contributed by atoms with van der Waals surface area (Å²) in [5.74, 6) is 0. The first kappa shape index (κ1) is 24.6. The zero-order valence-corrected chi connectivity index (χ0v) is 18.0. The molecule has 1 nitrogen and oxygen atoms in total. The Balaban J connectivity index is -0.000000366. The van der Waals surface area contributed by atoms with Crippen LogP contribution in [-0.4, -0.2) is 15.6 Å². The average molecular weight is 357 g/mol. The molecule has 0 bridgehead atoms. The molecule has 0 aromatic heterocycles. The van der Waals surface area contributed by atoms with E-state index in [4.69, 9.17) is 4.43 Å². The molecule has 3 heteroatoms. The maximum Gasteiger partial charge on any atom is 0.217 e. The molecular weight excluding hydrogens is 325 g/mol. The third-order valence-electron chi connectivity index (χ3n) is 2.29. The van der Waals surface area contributed by atoms with Gasteiger partial charge in [-0.25, -0.2) is 18.6 Å². The van der Waals surface area contributed by atoms with Crippen LogP contribution in [0.1, 0.15) is 55.4 Å². The van der Waals surface area contributed by atoms with Crippen molar-refractivity contribution < 1.29 is 37.1 Å². The van der Waals surface area contributed by atoms with Crippen LogP contribution in [0, 0.1) is 6.92 Å². The summed E-state index contributed by atoms with van der Waals surface area (Å²) < 4.78 is 5.90. The van der Waals surface area contributed by atoms with Crippen LogP contribution in [0.3, 0.4) is 0 Å². The van der Waals surface area contributed by atoms with Gasteiger partial charge in [-0.15, -0.1) is 13.8 Å². The van der Waals surface area contributed by atoms with Crippen molar-refractivity contribution in [1.82, 2.24) is 0 Å². The van der Waals surface area contributed by atoms with Crippen LogP contribution >= 0.6 is 0 Å². The van der Waals surface area contributed by atoms with Crippen LogP contribution in [-0.2, 0) is 37.1 Å². The molecule has 0 rings (SSSR count). The topological polar surface area (TPSA) is 9.23 Å². The van der Waals surface area contributed by atoms with Gasteiger partial charge < -0.3 is 4.43 Å². The molecule has 0 aliphatic rings. The largest absolute Gasteiger partial charge is 0.412 e. The van der Waals surface area contributed by atoms with Crippen molar-refractivity contribution in [3.8, 4) is 0 Å². The predicted octanol–water partition coefficient (Wildman–Crippen LogP) is 5.56. The van der Waals surface area contributed by atoms with E-state index in [1.54, 1.807) is 0 Å². The average Bonchev–Trinajstić information content (AvgIpc) is 2.23. The Morgan fingerprint density at radius 1 is 1.00 bits per heavy atom. The minimum Gasteiger partial charge on any atom is -0.412 e. The fourth-order valence-electron chi connectivity index (χ4n) is 1.30. The van der Waals surface area contributed by atoms with Crippen LogP contribution in [0.25, 0.3) is 0 Å². The molecule has 0 aromatic carbocycles. The number of rotatable bonds is 5. The second-order valence-electron chi connectivity index (χ2n) is 5.59. The Kier molecular flexibility index (Phi) is 19.5. The summed E-state index contributed by atoms with van der Waals surface area (Å²) in [5, 5.41) is 0. The SMILES string of the molecule is CC(C)=CCO[Si](C(C)C)C(C)C.[CH2-]C=C(C)C.[Y]. The van der Waals surface area contributed by atoms with Crippen LogP contribution in [0.4, 0.5) is 0 Å². The van der Waals surface area contributed by atoms with E-state index >= 15 is 0 Å². The van der Waals surface area contributed by atoms with Gasteiger partial charge in [-0.05, 0) is 24.9 Å². The van der Waals surface area contributed by atoms with E-state index < -0.39 is 9.04 Å². The first-order valence-corrected chi connectivity index (χ1v) is 8.34. The molecule has 2 radical (unpaired) electrons. The van der Waals surface area contributed by atoms with Crippen molar-refractivity contribution in [2.24, 2.45) is 0 Å². The van der Waals surface area contributed by atoms with Crippen molar-refractivity contribution in [1.29, 1.82) is 0 Å². The molecule has 0 N–H and O–H groups in total. The minimum absolute atomic E-state index is 0. The summed E-state index contributed by atoms with van der Waals surface area (Å²) in [5.41, 5.74) is 4.02. The van der Waals surface area contributed by atoms with Gasteiger partial charge in [0, 0.05) is 32.7 Å². The fraction of sp³-hybridized carbons (Fsp3) is 0.688. The zero-order valence-electron chi connectivity index (χ0n) is 14.2. The fourth-order valence-corrected chi connectivity index (χ4v) is 3.58. The molecule has 0 aliphatic heterocycles. The quantitative estimate of drug-likeness (QED) is 0.355. The Morgan fingerprint density at radius 2 is 1.37 bits per heavy atom. The smallest absolute Gasteiger partial charge is 0.217 e. The normalized spacial score (nSPS) is 9.63. The number of allylic oxidation sites excluding steroid dienone is 3. The second-order valence-corrected chi connectivity index (χ2v) is 8.99. The van der Waals surface area contributed by atoms with Gasteiger partial charge in [-0.1, -0.05) is 39.3 Å². The van der Waals surface area contributed by atoms with Crippen molar-refractivity contribution in [2.45, 2.75) is 66.5 Å². The zero-order chi connectivity index (χ0) is 14.7. The molecule has 0 aliphatic carbocycles. The van der Waals surface area contributed by atoms with Crippen LogP contribution < -0.4 is 0 Å². The van der Waals surface area contributed by atoms with Crippen molar-refractivity contribution in [3.05, 3.63) is 30.2 Å². The van der Waals surface area contributed by atoms with E-state index in [2.05, 4.69) is 54.5 Å². The summed E-state index contributed by atoms with van der Waals surface area (Å²) in [6, 6.07) is 0. The van der Waals surface area contributed by atoms with Crippen LogP contribution in [0.5, 0.6) is 0 Å². The van der Waals surface area contributed by atoms with Gasteiger partial charge in [0.25, 0.3) is 0 Å². The summed E-state index contributed by atoms with van der Waals surface area (Å²) >= 11 is 0. The Bertz CT molecular complexity index is 241. The predicted molar refractivity (Wildman–Crippen MR) is 86.1 cm³/mol. The number of hydrogen-bond acceptors (Lipinski definition) is 1. The molecule has 19 heavy (non-hydrogen) atoms. The molecular formula is C16H32OSiY-. The summed E-state index contributed by atoms with van der Waals surface area (Å²) in [4.78, 5) is 0. The molecule has 0 saturated carbocycles. The molecule has 0 atom stereocenters. The maximum atomic E-state index is 5.90. The van der Waals surface area contributed by atoms with E-state index in [-0.39, 0.29) is 32.7 Å². The van der Waals surface area contributed by atoms with E-state index in [0.29, 0.717) is 11.1 Å². The van der Waals surface area contributed by atoms with Crippen molar-refractivity contribution in [3.63, 3.8) is 0 Å². The summed E-state index contributed by atoms with van der Waals surface area (Å²) in [7, 11) is -0.619. The standard InChI is InChI=1S/C11H23OSi.C5H9.Y/c1-9(2)7-8-12-13(10(3)4)11(5)6;1-4-5(2)3;/h7,10-11H,8H2,1-6H3;4H,1H2,2-3H3;/q;-1;. The van der Waals surface area contributed by atoms with Gasteiger partial charge in [0.1, 0.15) is 0 Å². The summed E-state index contributed by atoms with van der Waals surface area (Å²) in [6.07, 6.45) is 4.00. The van der Waals surface area contributed by atoms with Gasteiger partial charge >= 0.3 is 0 Å². The molecule has 0 spiro atoms. The molecule has 0 heterocycles. The molecule has 0 fully saturated rings. The first-order chi connectivity index (χ1) is 8.22. The minimum atomic E-state index is -0.619. The molecule has 0 unspecified atom stereocenters. The van der Waals surface area contributed by atoms with Gasteiger partial charge in [0.2, 0.25) is 9.04 Å². The Morgan fingerprint density at radius 3 is 1.58 bits per heavy atom. The van der Waals surface area contributed by atoms with Gasteiger partial charge in [-0.3, -0.25) is 0 Å².